The lowest BCUT2D eigenvalue weighted by atomic mass is 10.0. The first-order valence-electron chi connectivity index (χ1n) is 7.72. The first-order valence-corrected chi connectivity index (χ1v) is 7.72. The Bertz CT molecular complexity index is 580. The van der Waals surface area contributed by atoms with E-state index in [1.807, 2.05) is 6.07 Å². The molecule has 4 nitrogen and oxygen atoms in total. The molecule has 0 unspecified atom stereocenters. The second-order valence-corrected chi connectivity index (χ2v) is 5.63. The molecule has 2 aromatic rings. The largest absolute Gasteiger partial charge is 0.496 e. The zero-order chi connectivity index (χ0) is 14.7. The van der Waals surface area contributed by atoms with Crippen LogP contribution < -0.4 is 4.74 Å². The molecule has 1 aliphatic rings. The number of benzene rings is 1. The molecular weight excluding hydrogens is 262 g/mol. The van der Waals surface area contributed by atoms with Crippen LogP contribution in [0.2, 0.25) is 0 Å². The standard InChI is InChI=1S/C17H23N3O/c1-3-20-10-4-5-14(20)11-13-6-7-15(17(12-13)21-2)16-8-9-18-19-16/h6-9,12,14H,3-5,10-11H2,1-2H3,(H,18,19)/t14-/m1/s1. The molecule has 0 aliphatic carbocycles. The SMILES string of the molecule is CCN1CCC[C@@H]1Cc1ccc(-c2ccn[nH]2)c(OC)c1. The summed E-state index contributed by atoms with van der Waals surface area (Å²) >= 11 is 0. The van der Waals surface area contributed by atoms with E-state index in [4.69, 9.17) is 4.74 Å². The third-order valence-electron chi connectivity index (χ3n) is 4.43. The van der Waals surface area contributed by atoms with Crippen molar-refractivity contribution in [3.63, 3.8) is 0 Å². The maximum Gasteiger partial charge on any atom is 0.128 e. The van der Waals surface area contributed by atoms with Crippen LogP contribution in [0, 0.1) is 0 Å². The molecule has 0 radical (unpaired) electrons. The monoisotopic (exact) mass is 285 g/mol. The van der Waals surface area contributed by atoms with Crippen molar-refractivity contribution >= 4 is 0 Å². The van der Waals surface area contributed by atoms with Crippen LogP contribution in [-0.4, -0.2) is 41.3 Å². The number of nitrogens with zero attached hydrogens (tertiary/aromatic N) is 2. The molecule has 21 heavy (non-hydrogen) atoms. The molecule has 1 N–H and O–H groups in total. The van der Waals surface area contributed by atoms with Gasteiger partial charge in [-0.2, -0.15) is 5.10 Å². The Labute approximate surface area is 126 Å². The highest BCUT2D eigenvalue weighted by Crippen LogP contribution is 2.30. The van der Waals surface area contributed by atoms with Crippen molar-refractivity contribution < 1.29 is 4.74 Å². The fourth-order valence-electron chi connectivity index (χ4n) is 3.31. The van der Waals surface area contributed by atoms with Gasteiger partial charge in [-0.05, 0) is 56.1 Å². The molecular formula is C17H23N3O. The van der Waals surface area contributed by atoms with Crippen LogP contribution in [0.25, 0.3) is 11.3 Å². The number of aromatic nitrogens is 2. The van der Waals surface area contributed by atoms with Crippen LogP contribution in [0.3, 0.4) is 0 Å². The number of methoxy groups -OCH3 is 1. The van der Waals surface area contributed by atoms with E-state index in [1.54, 1.807) is 13.3 Å². The number of hydrogen-bond donors (Lipinski definition) is 1. The van der Waals surface area contributed by atoms with Crippen LogP contribution in [0.1, 0.15) is 25.3 Å². The van der Waals surface area contributed by atoms with E-state index < -0.39 is 0 Å². The number of likely N-dealkylation sites (N-methyl/N-ethyl adjacent to an activating group) is 1. The Balaban J connectivity index is 1.81. The van der Waals surface area contributed by atoms with Crippen molar-refractivity contribution in [2.75, 3.05) is 20.2 Å². The van der Waals surface area contributed by atoms with Gasteiger partial charge in [-0.1, -0.05) is 13.0 Å². The van der Waals surface area contributed by atoms with Crippen molar-refractivity contribution in [3.8, 4) is 17.0 Å². The van der Waals surface area contributed by atoms with Crippen LogP contribution in [0.4, 0.5) is 0 Å². The first kappa shape index (κ1) is 14.1. The molecule has 0 spiro atoms. The summed E-state index contributed by atoms with van der Waals surface area (Å²) in [5, 5.41) is 7.01. The van der Waals surface area contributed by atoms with Crippen molar-refractivity contribution in [3.05, 3.63) is 36.0 Å². The van der Waals surface area contributed by atoms with E-state index in [2.05, 4.69) is 40.2 Å². The predicted octanol–water partition coefficient (Wildman–Crippen LogP) is 3.11. The van der Waals surface area contributed by atoms with Gasteiger partial charge in [0, 0.05) is 17.8 Å². The molecule has 0 amide bonds. The van der Waals surface area contributed by atoms with Gasteiger partial charge in [0.2, 0.25) is 0 Å². The molecule has 1 atom stereocenters. The summed E-state index contributed by atoms with van der Waals surface area (Å²) in [6.45, 7) is 4.64. The minimum atomic E-state index is 0.678. The number of likely N-dealkylation sites (tertiary alicyclic amines) is 1. The second-order valence-electron chi connectivity index (χ2n) is 5.63. The average Bonchev–Trinajstić information content (AvgIpc) is 3.18. The van der Waals surface area contributed by atoms with E-state index in [-0.39, 0.29) is 0 Å². The third-order valence-corrected chi connectivity index (χ3v) is 4.43. The number of hydrogen-bond acceptors (Lipinski definition) is 3. The van der Waals surface area contributed by atoms with E-state index in [9.17, 15) is 0 Å². The Kier molecular flexibility index (Phi) is 4.25. The van der Waals surface area contributed by atoms with E-state index in [0.29, 0.717) is 6.04 Å². The van der Waals surface area contributed by atoms with E-state index in [0.717, 1.165) is 30.0 Å². The fraction of sp³-hybridized carbons (Fsp3) is 0.471. The third kappa shape index (κ3) is 2.95. The van der Waals surface area contributed by atoms with Gasteiger partial charge < -0.3 is 9.64 Å². The summed E-state index contributed by atoms with van der Waals surface area (Å²) < 4.78 is 5.57. The maximum absolute atomic E-state index is 5.57. The highest BCUT2D eigenvalue weighted by atomic mass is 16.5. The average molecular weight is 285 g/mol. The minimum Gasteiger partial charge on any atom is -0.496 e. The Morgan fingerprint density at radius 3 is 3.00 bits per heavy atom. The Morgan fingerprint density at radius 1 is 1.38 bits per heavy atom. The van der Waals surface area contributed by atoms with Gasteiger partial charge in [0.15, 0.2) is 0 Å². The smallest absolute Gasteiger partial charge is 0.128 e. The molecule has 1 aromatic carbocycles. The molecule has 1 fully saturated rings. The lowest BCUT2D eigenvalue weighted by molar-refractivity contribution is 0.266. The first-order chi connectivity index (χ1) is 10.3. The molecule has 112 valence electrons. The van der Waals surface area contributed by atoms with Gasteiger partial charge in [0.25, 0.3) is 0 Å². The molecule has 1 aliphatic heterocycles. The van der Waals surface area contributed by atoms with Gasteiger partial charge in [-0.25, -0.2) is 0 Å². The number of ether oxygens (including phenoxy) is 1. The van der Waals surface area contributed by atoms with E-state index in [1.165, 1.54) is 24.9 Å². The molecule has 0 saturated carbocycles. The van der Waals surface area contributed by atoms with Crippen LogP contribution in [0.5, 0.6) is 5.75 Å². The molecule has 2 heterocycles. The second kappa shape index (κ2) is 6.31. The van der Waals surface area contributed by atoms with Crippen molar-refractivity contribution in [2.24, 2.45) is 0 Å². The number of rotatable bonds is 5. The van der Waals surface area contributed by atoms with Gasteiger partial charge in [0.05, 0.1) is 12.8 Å². The Morgan fingerprint density at radius 2 is 2.29 bits per heavy atom. The van der Waals surface area contributed by atoms with E-state index >= 15 is 0 Å². The van der Waals surface area contributed by atoms with Gasteiger partial charge in [0.1, 0.15) is 5.75 Å². The number of H-pyrrole nitrogens is 1. The maximum atomic E-state index is 5.57. The summed E-state index contributed by atoms with van der Waals surface area (Å²) in [5.74, 6) is 0.915. The summed E-state index contributed by atoms with van der Waals surface area (Å²) in [6, 6.07) is 9.16. The zero-order valence-electron chi connectivity index (χ0n) is 12.8. The Hall–Kier alpha value is -1.81. The number of nitrogens with one attached hydrogen (secondary N) is 1. The highest BCUT2D eigenvalue weighted by Gasteiger charge is 2.23. The minimum absolute atomic E-state index is 0.678. The lowest BCUT2D eigenvalue weighted by Crippen LogP contribution is -2.30. The summed E-state index contributed by atoms with van der Waals surface area (Å²) in [7, 11) is 1.73. The summed E-state index contributed by atoms with van der Waals surface area (Å²) in [4.78, 5) is 2.58. The number of aromatic amines is 1. The van der Waals surface area contributed by atoms with Crippen molar-refractivity contribution in [2.45, 2.75) is 32.2 Å². The topological polar surface area (TPSA) is 41.2 Å². The lowest BCUT2D eigenvalue weighted by Gasteiger charge is -2.23. The normalized spacial score (nSPS) is 19.0. The predicted molar refractivity (Wildman–Crippen MR) is 84.5 cm³/mol. The van der Waals surface area contributed by atoms with Crippen LogP contribution in [0.15, 0.2) is 30.5 Å². The van der Waals surface area contributed by atoms with Gasteiger partial charge in [-0.15, -0.1) is 0 Å². The highest BCUT2D eigenvalue weighted by molar-refractivity contribution is 5.67. The van der Waals surface area contributed by atoms with Crippen LogP contribution in [-0.2, 0) is 6.42 Å². The van der Waals surface area contributed by atoms with Gasteiger partial charge in [-0.3, -0.25) is 5.10 Å². The van der Waals surface area contributed by atoms with Gasteiger partial charge >= 0.3 is 0 Å². The summed E-state index contributed by atoms with van der Waals surface area (Å²) in [5.41, 5.74) is 3.41. The van der Waals surface area contributed by atoms with Crippen LogP contribution >= 0.6 is 0 Å². The zero-order valence-corrected chi connectivity index (χ0v) is 12.8. The quantitative estimate of drug-likeness (QED) is 0.917. The molecule has 0 bridgehead atoms. The summed E-state index contributed by atoms with van der Waals surface area (Å²) in [6.07, 6.45) is 5.49. The van der Waals surface area contributed by atoms with Crippen molar-refractivity contribution in [1.82, 2.24) is 15.1 Å². The molecule has 3 rings (SSSR count). The van der Waals surface area contributed by atoms with Crippen molar-refractivity contribution in [1.29, 1.82) is 0 Å². The molecule has 1 aromatic heterocycles. The molecule has 1 saturated heterocycles. The fourth-order valence-corrected chi connectivity index (χ4v) is 3.31. The molecule has 4 heteroatoms.